The number of alkyl halides is 3. The van der Waals surface area contributed by atoms with Crippen LogP contribution < -0.4 is 16.3 Å². The van der Waals surface area contributed by atoms with Crippen LogP contribution in [0.5, 0.6) is 0 Å². The Bertz CT molecular complexity index is 1080. The third kappa shape index (κ3) is 4.09. The first-order valence-electron chi connectivity index (χ1n) is 9.07. The Morgan fingerprint density at radius 1 is 1.31 bits per heavy atom. The number of nitrogens with one attached hydrogen (secondary N) is 3. The van der Waals surface area contributed by atoms with Crippen molar-refractivity contribution in [3.63, 3.8) is 0 Å². The van der Waals surface area contributed by atoms with E-state index < -0.39 is 29.8 Å². The Kier molecular flexibility index (Phi) is 4.99. The Hall–Kier alpha value is -2.95. The molecular formula is C18H18F4N6O. The molecule has 1 fully saturated rings. The van der Waals surface area contributed by atoms with Crippen molar-refractivity contribution in [2.75, 3.05) is 25.0 Å². The first-order valence-corrected chi connectivity index (χ1v) is 9.07. The van der Waals surface area contributed by atoms with Crippen molar-refractivity contribution in [2.45, 2.75) is 19.1 Å². The van der Waals surface area contributed by atoms with Crippen molar-refractivity contribution in [1.29, 1.82) is 0 Å². The van der Waals surface area contributed by atoms with Crippen LogP contribution in [0.25, 0.3) is 11.2 Å². The van der Waals surface area contributed by atoms with Crippen LogP contribution >= 0.6 is 0 Å². The van der Waals surface area contributed by atoms with E-state index in [0.717, 1.165) is 36.2 Å². The van der Waals surface area contributed by atoms with Crippen LogP contribution in [0.4, 0.5) is 23.5 Å². The molecule has 154 valence electrons. The van der Waals surface area contributed by atoms with E-state index in [4.69, 9.17) is 0 Å². The largest absolute Gasteiger partial charge is 0.416 e. The van der Waals surface area contributed by atoms with Gasteiger partial charge in [-0.1, -0.05) is 0 Å². The number of halogens is 4. The van der Waals surface area contributed by atoms with Crippen LogP contribution in [0.15, 0.2) is 29.2 Å². The van der Waals surface area contributed by atoms with Gasteiger partial charge in [0.2, 0.25) is 5.95 Å². The van der Waals surface area contributed by atoms with Crippen LogP contribution in [-0.4, -0.2) is 39.2 Å². The maximum Gasteiger partial charge on any atom is 0.416 e. The molecular weight excluding hydrogens is 392 g/mol. The first kappa shape index (κ1) is 19.4. The normalized spacial score (nSPS) is 17.2. The molecule has 0 amide bonds. The second-order valence-electron chi connectivity index (χ2n) is 6.99. The van der Waals surface area contributed by atoms with E-state index in [-0.39, 0.29) is 22.7 Å². The fourth-order valence-corrected chi connectivity index (χ4v) is 3.44. The Labute approximate surface area is 162 Å². The maximum atomic E-state index is 13.6. The summed E-state index contributed by atoms with van der Waals surface area (Å²) in [6, 6.07) is 2.19. The van der Waals surface area contributed by atoms with Gasteiger partial charge in [-0.15, -0.1) is 0 Å². The zero-order chi connectivity index (χ0) is 20.6. The summed E-state index contributed by atoms with van der Waals surface area (Å²) in [5.74, 6) is -0.125. The first-order chi connectivity index (χ1) is 13.8. The van der Waals surface area contributed by atoms with Crippen LogP contribution in [0.1, 0.15) is 17.5 Å². The number of imidazole rings is 1. The molecule has 0 aliphatic carbocycles. The smallest absolute Gasteiger partial charge is 0.354 e. The SMILES string of the molecule is O=c1[nH]c2cnc(NC[C@H]3CCNC3)nc2n1Cc1cc(F)ccc1C(F)(F)F. The van der Waals surface area contributed by atoms with Gasteiger partial charge in [-0.2, -0.15) is 18.2 Å². The average Bonchev–Trinajstić information content (AvgIpc) is 3.27. The number of fused-ring (bicyclic) bond motifs is 1. The predicted molar refractivity (Wildman–Crippen MR) is 98.1 cm³/mol. The zero-order valence-corrected chi connectivity index (χ0v) is 15.2. The number of anilines is 1. The summed E-state index contributed by atoms with van der Waals surface area (Å²) in [6.07, 6.45) is -2.26. The Balaban J connectivity index is 1.67. The molecule has 0 bridgehead atoms. The van der Waals surface area contributed by atoms with Crippen LogP contribution in [0, 0.1) is 11.7 Å². The Morgan fingerprint density at radius 3 is 2.86 bits per heavy atom. The second kappa shape index (κ2) is 7.47. The summed E-state index contributed by atoms with van der Waals surface area (Å²) in [6.45, 7) is 1.98. The van der Waals surface area contributed by atoms with Gasteiger partial charge in [0.15, 0.2) is 5.65 Å². The molecule has 0 radical (unpaired) electrons. The molecule has 1 atom stereocenters. The molecule has 3 heterocycles. The number of hydrogen-bond acceptors (Lipinski definition) is 5. The molecule has 3 aromatic rings. The minimum Gasteiger partial charge on any atom is -0.354 e. The molecule has 29 heavy (non-hydrogen) atoms. The van der Waals surface area contributed by atoms with E-state index in [1.54, 1.807) is 0 Å². The van der Waals surface area contributed by atoms with E-state index in [9.17, 15) is 22.4 Å². The van der Waals surface area contributed by atoms with Gasteiger partial charge < -0.3 is 15.6 Å². The van der Waals surface area contributed by atoms with E-state index in [2.05, 4.69) is 25.6 Å². The number of H-pyrrole nitrogens is 1. The van der Waals surface area contributed by atoms with Crippen molar-refractivity contribution in [3.8, 4) is 0 Å². The lowest BCUT2D eigenvalue weighted by Gasteiger charge is -2.13. The molecule has 7 nitrogen and oxygen atoms in total. The number of benzene rings is 1. The highest BCUT2D eigenvalue weighted by atomic mass is 19.4. The summed E-state index contributed by atoms with van der Waals surface area (Å²) >= 11 is 0. The monoisotopic (exact) mass is 410 g/mol. The van der Waals surface area contributed by atoms with Crippen molar-refractivity contribution in [2.24, 2.45) is 5.92 Å². The van der Waals surface area contributed by atoms with Crippen molar-refractivity contribution < 1.29 is 17.6 Å². The quantitative estimate of drug-likeness (QED) is 0.562. The molecule has 0 spiro atoms. The average molecular weight is 410 g/mol. The highest BCUT2D eigenvalue weighted by Crippen LogP contribution is 2.32. The molecule has 0 unspecified atom stereocenters. The van der Waals surface area contributed by atoms with Gasteiger partial charge in [-0.25, -0.2) is 14.2 Å². The highest BCUT2D eigenvalue weighted by Gasteiger charge is 2.33. The van der Waals surface area contributed by atoms with Gasteiger partial charge in [-0.05, 0) is 49.2 Å². The summed E-state index contributed by atoms with van der Waals surface area (Å²) in [7, 11) is 0. The van der Waals surface area contributed by atoms with Gasteiger partial charge in [0.05, 0.1) is 18.3 Å². The van der Waals surface area contributed by atoms with Gasteiger partial charge in [-0.3, -0.25) is 4.57 Å². The molecule has 1 saturated heterocycles. The predicted octanol–water partition coefficient (Wildman–Crippen LogP) is 2.35. The molecule has 3 N–H and O–H groups in total. The standard InChI is InChI=1S/C18H18F4N6O/c19-12-1-2-13(18(20,21)22)11(5-12)9-28-15-14(26-17(28)29)8-25-16(27-15)24-7-10-3-4-23-6-10/h1-2,5,8,10,23H,3-4,6-7,9H2,(H,26,29)(H,24,25,27)/t10-/m0/s1. The van der Waals surface area contributed by atoms with Gasteiger partial charge >= 0.3 is 11.9 Å². The van der Waals surface area contributed by atoms with Crippen molar-refractivity contribution in [3.05, 3.63) is 51.8 Å². The number of aromatic amines is 1. The van der Waals surface area contributed by atoms with Crippen LogP contribution in [-0.2, 0) is 12.7 Å². The maximum absolute atomic E-state index is 13.6. The summed E-state index contributed by atoms with van der Waals surface area (Å²) < 4.78 is 54.5. The molecule has 0 saturated carbocycles. The molecule has 11 heteroatoms. The van der Waals surface area contributed by atoms with E-state index in [0.29, 0.717) is 18.5 Å². The minimum absolute atomic E-state index is 0.148. The second-order valence-corrected chi connectivity index (χ2v) is 6.99. The van der Waals surface area contributed by atoms with E-state index in [1.165, 1.54) is 6.20 Å². The number of nitrogens with zero attached hydrogens (tertiary/aromatic N) is 3. The number of rotatable bonds is 5. The molecule has 1 aliphatic rings. The highest BCUT2D eigenvalue weighted by molar-refractivity contribution is 5.71. The number of hydrogen-bond donors (Lipinski definition) is 3. The Morgan fingerprint density at radius 2 is 2.14 bits per heavy atom. The van der Waals surface area contributed by atoms with Crippen LogP contribution in [0.2, 0.25) is 0 Å². The van der Waals surface area contributed by atoms with E-state index >= 15 is 0 Å². The van der Waals surface area contributed by atoms with Crippen molar-refractivity contribution >= 4 is 17.1 Å². The third-order valence-corrected chi connectivity index (χ3v) is 4.92. The van der Waals surface area contributed by atoms with Crippen molar-refractivity contribution in [1.82, 2.24) is 24.8 Å². The van der Waals surface area contributed by atoms with Gasteiger partial charge in [0.1, 0.15) is 11.3 Å². The lowest BCUT2D eigenvalue weighted by atomic mass is 10.1. The van der Waals surface area contributed by atoms with Gasteiger partial charge in [0, 0.05) is 6.54 Å². The molecule has 2 aromatic heterocycles. The summed E-state index contributed by atoms with van der Waals surface area (Å²) in [4.78, 5) is 23.2. The lowest BCUT2D eigenvalue weighted by Crippen LogP contribution is -2.21. The van der Waals surface area contributed by atoms with Crippen LogP contribution in [0.3, 0.4) is 0 Å². The number of aromatic nitrogens is 4. The molecule has 4 rings (SSSR count). The molecule has 1 aliphatic heterocycles. The lowest BCUT2D eigenvalue weighted by molar-refractivity contribution is -0.138. The van der Waals surface area contributed by atoms with E-state index in [1.807, 2.05) is 0 Å². The van der Waals surface area contributed by atoms with Gasteiger partial charge in [0.25, 0.3) is 0 Å². The topological polar surface area (TPSA) is 87.6 Å². The summed E-state index contributed by atoms with van der Waals surface area (Å²) in [5, 5.41) is 6.34. The third-order valence-electron chi connectivity index (χ3n) is 4.92. The summed E-state index contributed by atoms with van der Waals surface area (Å²) in [5.41, 5.74) is -1.57. The zero-order valence-electron chi connectivity index (χ0n) is 15.2. The minimum atomic E-state index is -4.67. The fourth-order valence-electron chi connectivity index (χ4n) is 3.44. The fraction of sp³-hybridized carbons (Fsp3) is 0.389. The molecule has 1 aromatic carbocycles.